The molecule has 0 fully saturated rings. The lowest BCUT2D eigenvalue weighted by Crippen LogP contribution is -2.30. The van der Waals surface area contributed by atoms with Crippen molar-refractivity contribution < 1.29 is 28.6 Å². The molecule has 20 heavy (non-hydrogen) atoms. The summed E-state index contributed by atoms with van der Waals surface area (Å²) >= 11 is 0. The number of hydrogen-bond acceptors (Lipinski definition) is 5. The molecule has 2 N–H and O–H groups in total. The average Bonchev–Trinajstić information content (AvgIpc) is 2.30. The third kappa shape index (κ3) is 10.8. The molecule has 0 aliphatic carbocycles. The third-order valence-corrected chi connectivity index (χ3v) is 3.85. The van der Waals surface area contributed by atoms with Gasteiger partial charge in [0, 0.05) is 6.00 Å². The second-order valence-electron chi connectivity index (χ2n) is 5.17. The van der Waals surface area contributed by atoms with E-state index in [1.807, 2.05) is 13.8 Å². The van der Waals surface area contributed by atoms with Crippen LogP contribution < -0.4 is 0 Å². The highest BCUT2D eigenvalue weighted by Crippen LogP contribution is 2.44. The van der Waals surface area contributed by atoms with Gasteiger partial charge in [-0.2, -0.15) is 0 Å². The minimum atomic E-state index is -3.64. The van der Waals surface area contributed by atoms with Gasteiger partial charge in [0.05, 0.1) is 37.7 Å². The van der Waals surface area contributed by atoms with E-state index >= 15 is 0 Å². The van der Waals surface area contributed by atoms with Crippen LogP contribution in [0.25, 0.3) is 0 Å². The van der Waals surface area contributed by atoms with Gasteiger partial charge in [0.25, 0.3) is 0 Å². The SMILES string of the molecule is [B][C@@H](CO)O[C@H](CCP(=O)(O)OC(C)C)COC(C)C. The summed E-state index contributed by atoms with van der Waals surface area (Å²) in [6.45, 7) is 7.06. The lowest BCUT2D eigenvalue weighted by molar-refractivity contribution is -0.0583. The van der Waals surface area contributed by atoms with Crippen molar-refractivity contribution in [3.05, 3.63) is 0 Å². The van der Waals surface area contributed by atoms with E-state index in [4.69, 9.17) is 27.0 Å². The zero-order chi connectivity index (χ0) is 15.8. The molecule has 0 aromatic heterocycles. The van der Waals surface area contributed by atoms with Gasteiger partial charge in [-0.3, -0.25) is 4.57 Å². The Balaban J connectivity index is 4.36. The van der Waals surface area contributed by atoms with Gasteiger partial charge in [-0.25, -0.2) is 0 Å². The van der Waals surface area contributed by atoms with Crippen LogP contribution in [0, 0.1) is 0 Å². The van der Waals surface area contributed by atoms with Crippen LogP contribution in [0.2, 0.25) is 0 Å². The maximum absolute atomic E-state index is 11.8. The number of aliphatic hydroxyl groups excluding tert-OH is 1. The van der Waals surface area contributed by atoms with Crippen LogP contribution in [-0.2, 0) is 18.6 Å². The van der Waals surface area contributed by atoms with Gasteiger partial charge in [-0.1, -0.05) is 0 Å². The lowest BCUT2D eigenvalue weighted by atomic mass is 10.0. The molecule has 118 valence electrons. The van der Waals surface area contributed by atoms with E-state index in [2.05, 4.69) is 0 Å². The Morgan fingerprint density at radius 3 is 2.25 bits per heavy atom. The van der Waals surface area contributed by atoms with Crippen molar-refractivity contribution in [1.29, 1.82) is 0 Å². The van der Waals surface area contributed by atoms with Crippen LogP contribution in [0.3, 0.4) is 0 Å². The van der Waals surface area contributed by atoms with Gasteiger partial charge < -0.3 is 24.0 Å². The molecule has 2 radical (unpaired) electrons. The Kier molecular flexibility index (Phi) is 9.98. The van der Waals surface area contributed by atoms with Crippen molar-refractivity contribution in [1.82, 2.24) is 0 Å². The number of rotatable bonds is 11. The molecule has 0 aliphatic heterocycles. The van der Waals surface area contributed by atoms with Crippen LogP contribution in [0.5, 0.6) is 0 Å². The van der Waals surface area contributed by atoms with Gasteiger partial charge >= 0.3 is 7.60 Å². The number of ether oxygens (including phenoxy) is 2. The highest BCUT2D eigenvalue weighted by molar-refractivity contribution is 7.52. The van der Waals surface area contributed by atoms with Gasteiger partial charge in [-0.05, 0) is 34.1 Å². The molecule has 0 rings (SSSR count). The van der Waals surface area contributed by atoms with Crippen molar-refractivity contribution in [2.75, 3.05) is 19.4 Å². The molecule has 0 saturated heterocycles. The fourth-order valence-corrected chi connectivity index (χ4v) is 2.85. The van der Waals surface area contributed by atoms with Crippen LogP contribution >= 0.6 is 7.60 Å². The summed E-state index contributed by atoms with van der Waals surface area (Å²) in [5.41, 5.74) is 0. The summed E-state index contributed by atoms with van der Waals surface area (Å²) in [5, 5.41) is 8.89. The van der Waals surface area contributed by atoms with E-state index in [-0.39, 0.29) is 38.0 Å². The molecule has 0 bridgehead atoms. The fourth-order valence-electron chi connectivity index (χ4n) is 1.47. The summed E-state index contributed by atoms with van der Waals surface area (Å²) in [5.74, 6) is 0. The van der Waals surface area contributed by atoms with Crippen molar-refractivity contribution in [3.63, 3.8) is 0 Å². The van der Waals surface area contributed by atoms with E-state index in [0.717, 1.165) is 0 Å². The summed E-state index contributed by atoms with van der Waals surface area (Å²) in [6.07, 6.45) is -0.553. The maximum Gasteiger partial charge on any atom is 0.328 e. The van der Waals surface area contributed by atoms with E-state index in [9.17, 15) is 9.46 Å². The zero-order valence-electron chi connectivity index (χ0n) is 12.7. The molecule has 0 aliphatic rings. The smallest absolute Gasteiger partial charge is 0.328 e. The molecule has 6 nitrogen and oxygen atoms in total. The van der Waals surface area contributed by atoms with Crippen molar-refractivity contribution in [3.8, 4) is 0 Å². The molecule has 1 unspecified atom stereocenters. The van der Waals surface area contributed by atoms with E-state index < -0.39 is 19.7 Å². The normalized spacial score (nSPS) is 18.2. The first-order valence-electron chi connectivity index (χ1n) is 6.80. The van der Waals surface area contributed by atoms with Crippen molar-refractivity contribution in [2.45, 2.75) is 58.4 Å². The first-order chi connectivity index (χ1) is 9.16. The van der Waals surface area contributed by atoms with Crippen LogP contribution in [-0.4, -0.2) is 61.5 Å². The van der Waals surface area contributed by atoms with Crippen LogP contribution in [0.4, 0.5) is 0 Å². The Morgan fingerprint density at radius 1 is 1.20 bits per heavy atom. The molecule has 0 heterocycles. The minimum absolute atomic E-state index is 0.0132. The summed E-state index contributed by atoms with van der Waals surface area (Å²) in [7, 11) is 1.87. The van der Waals surface area contributed by atoms with Crippen molar-refractivity contribution >= 4 is 15.4 Å². The van der Waals surface area contributed by atoms with Gasteiger partial charge in [-0.15, -0.1) is 0 Å². The number of hydrogen-bond donors (Lipinski definition) is 2. The highest BCUT2D eigenvalue weighted by atomic mass is 31.2. The Morgan fingerprint density at radius 2 is 1.80 bits per heavy atom. The first-order valence-corrected chi connectivity index (χ1v) is 8.56. The van der Waals surface area contributed by atoms with Crippen LogP contribution in [0.15, 0.2) is 0 Å². The topological polar surface area (TPSA) is 85.2 Å². The quantitative estimate of drug-likeness (QED) is 0.442. The van der Waals surface area contributed by atoms with E-state index in [1.54, 1.807) is 13.8 Å². The molecule has 8 heteroatoms. The maximum atomic E-state index is 11.8. The predicted molar refractivity (Wildman–Crippen MR) is 78.1 cm³/mol. The van der Waals surface area contributed by atoms with Gasteiger partial charge in [0.1, 0.15) is 7.85 Å². The predicted octanol–water partition coefficient (Wildman–Crippen LogP) is 1.28. The Hall–Kier alpha value is 0.0949. The third-order valence-electron chi connectivity index (χ3n) is 2.27. The standard InChI is InChI=1S/C12H26BO6P/c1-9(2)17-8-11(18-12(13)7-14)5-6-20(15,16)19-10(3)4/h9-12,14H,5-8H2,1-4H3,(H,15,16)/t11-,12-/m1/s1. The summed E-state index contributed by atoms with van der Waals surface area (Å²) < 4.78 is 27.5. The molecule has 0 aromatic carbocycles. The van der Waals surface area contributed by atoms with E-state index in [1.165, 1.54) is 0 Å². The Labute approximate surface area is 122 Å². The largest absolute Gasteiger partial charge is 0.395 e. The monoisotopic (exact) mass is 308 g/mol. The zero-order valence-corrected chi connectivity index (χ0v) is 13.6. The molecule has 0 aromatic rings. The first kappa shape index (κ1) is 20.1. The molecule has 3 atom stereocenters. The minimum Gasteiger partial charge on any atom is -0.395 e. The lowest BCUT2D eigenvalue weighted by Gasteiger charge is -2.24. The highest BCUT2D eigenvalue weighted by Gasteiger charge is 2.24. The molecule has 0 spiro atoms. The molecule has 0 amide bonds. The summed E-state index contributed by atoms with van der Waals surface area (Å²) in [6, 6.07) is -0.833. The molecular formula is C12H26BO6P. The molecule has 0 saturated carbocycles. The molecular weight excluding hydrogens is 282 g/mol. The van der Waals surface area contributed by atoms with Crippen LogP contribution in [0.1, 0.15) is 34.1 Å². The second-order valence-corrected chi connectivity index (χ2v) is 7.10. The van der Waals surface area contributed by atoms with E-state index in [0.29, 0.717) is 0 Å². The number of aliphatic hydroxyl groups is 1. The van der Waals surface area contributed by atoms with Crippen molar-refractivity contribution in [2.24, 2.45) is 0 Å². The Bertz CT molecular complexity index is 300. The van der Waals surface area contributed by atoms with Gasteiger partial charge in [0.15, 0.2) is 0 Å². The fraction of sp³-hybridized carbons (Fsp3) is 1.00. The second kappa shape index (κ2) is 9.93. The average molecular weight is 308 g/mol. The summed E-state index contributed by atoms with van der Waals surface area (Å²) in [4.78, 5) is 9.66. The van der Waals surface area contributed by atoms with Gasteiger partial charge in [0.2, 0.25) is 0 Å².